The maximum Gasteiger partial charge on any atom is 0.229 e. The number of amides is 1. The van der Waals surface area contributed by atoms with E-state index in [0.717, 1.165) is 30.5 Å². The van der Waals surface area contributed by atoms with Crippen LogP contribution in [0.1, 0.15) is 18.9 Å². The van der Waals surface area contributed by atoms with Crippen molar-refractivity contribution in [1.29, 1.82) is 0 Å². The molecule has 1 N–H and O–H groups in total. The first-order chi connectivity index (χ1) is 14.9. The number of nitrogens with one attached hydrogen (secondary N) is 1. The molecule has 1 saturated carbocycles. The lowest BCUT2D eigenvalue weighted by atomic mass is 9.89. The lowest BCUT2D eigenvalue weighted by Gasteiger charge is -2.47. The van der Waals surface area contributed by atoms with Crippen LogP contribution in [0.2, 0.25) is 0 Å². The molecule has 0 radical (unpaired) electrons. The van der Waals surface area contributed by atoms with Crippen molar-refractivity contribution in [1.82, 2.24) is 9.62 Å². The van der Waals surface area contributed by atoms with Crippen LogP contribution >= 0.6 is 0 Å². The predicted octanol–water partition coefficient (Wildman–Crippen LogP) is 3.35. The van der Waals surface area contributed by atoms with Crippen molar-refractivity contribution >= 4 is 15.9 Å². The van der Waals surface area contributed by atoms with Crippen LogP contribution in [0.4, 0.5) is 17.6 Å². The maximum atomic E-state index is 15.9. The minimum absolute atomic E-state index is 0.00232. The van der Waals surface area contributed by atoms with Crippen LogP contribution in [0.25, 0.3) is 11.1 Å². The van der Waals surface area contributed by atoms with Gasteiger partial charge in [0.25, 0.3) is 0 Å². The molecule has 1 heterocycles. The van der Waals surface area contributed by atoms with Crippen LogP contribution < -0.4 is 4.72 Å². The summed E-state index contributed by atoms with van der Waals surface area (Å²) < 4.78 is 84.5. The van der Waals surface area contributed by atoms with E-state index in [1.807, 2.05) is 6.92 Å². The minimum Gasteiger partial charge on any atom is -0.337 e. The van der Waals surface area contributed by atoms with Gasteiger partial charge in [0, 0.05) is 31.1 Å². The standard InChI is InChI=1S/C22H22F4N2O3S/c1-12-11-28(18(12)10-27-32(2,30)31)21(29)14-9-22(14,26)20-13(5-3-8-17(20)25)19-15(23)6-4-7-16(19)24/h3-8,12,14,18,27H,9-11H2,1-2H3/t12-,14?,18-,22?/m1/s1. The third kappa shape index (κ3) is 3.90. The smallest absolute Gasteiger partial charge is 0.229 e. The summed E-state index contributed by atoms with van der Waals surface area (Å²) in [4.78, 5) is 14.4. The zero-order chi connectivity index (χ0) is 23.4. The molecule has 1 amide bonds. The van der Waals surface area contributed by atoms with Gasteiger partial charge in [-0.2, -0.15) is 0 Å². The summed E-state index contributed by atoms with van der Waals surface area (Å²) in [5.74, 6) is -4.72. The Morgan fingerprint density at radius 1 is 1.12 bits per heavy atom. The number of likely N-dealkylation sites (tertiary alicyclic amines) is 1. The fourth-order valence-electron chi connectivity index (χ4n) is 4.45. The number of benzene rings is 2. The third-order valence-corrected chi connectivity index (χ3v) is 6.92. The molecule has 5 nitrogen and oxygen atoms in total. The quantitative estimate of drug-likeness (QED) is 0.659. The molecule has 0 spiro atoms. The highest BCUT2D eigenvalue weighted by molar-refractivity contribution is 7.88. The highest BCUT2D eigenvalue weighted by atomic mass is 32.2. The van der Waals surface area contributed by atoms with Crippen LogP contribution in [0.5, 0.6) is 0 Å². The van der Waals surface area contributed by atoms with Gasteiger partial charge in [0.2, 0.25) is 15.9 Å². The summed E-state index contributed by atoms with van der Waals surface area (Å²) in [6.45, 7) is 2.14. The molecule has 2 aromatic carbocycles. The summed E-state index contributed by atoms with van der Waals surface area (Å²) in [5.41, 5.74) is -3.78. The molecular formula is C22H22F4N2O3S. The van der Waals surface area contributed by atoms with Gasteiger partial charge in [0.05, 0.1) is 17.7 Å². The van der Waals surface area contributed by atoms with E-state index in [2.05, 4.69) is 4.72 Å². The Morgan fingerprint density at radius 3 is 2.31 bits per heavy atom. The molecule has 1 aliphatic heterocycles. The number of carbonyl (C=O) groups is 1. The molecule has 1 saturated heterocycles. The van der Waals surface area contributed by atoms with Gasteiger partial charge in [-0.05, 0) is 29.7 Å². The zero-order valence-electron chi connectivity index (χ0n) is 17.4. The Bertz CT molecular complexity index is 1170. The molecule has 32 heavy (non-hydrogen) atoms. The van der Waals surface area contributed by atoms with Crippen LogP contribution in [0.3, 0.4) is 0 Å². The van der Waals surface area contributed by atoms with Crippen LogP contribution in [-0.2, 0) is 20.5 Å². The first-order valence-corrected chi connectivity index (χ1v) is 12.0. The lowest BCUT2D eigenvalue weighted by molar-refractivity contribution is -0.145. The number of nitrogens with zero attached hydrogens (tertiary/aromatic N) is 1. The van der Waals surface area contributed by atoms with Crippen molar-refractivity contribution < 1.29 is 30.8 Å². The monoisotopic (exact) mass is 470 g/mol. The fraction of sp³-hybridized carbons (Fsp3) is 0.409. The van der Waals surface area contributed by atoms with E-state index in [4.69, 9.17) is 0 Å². The van der Waals surface area contributed by atoms with Gasteiger partial charge in [-0.3, -0.25) is 4.79 Å². The van der Waals surface area contributed by atoms with Gasteiger partial charge < -0.3 is 4.90 Å². The fourth-order valence-corrected chi connectivity index (χ4v) is 4.92. The van der Waals surface area contributed by atoms with Crippen LogP contribution in [0, 0.1) is 29.3 Å². The Balaban J connectivity index is 1.63. The largest absolute Gasteiger partial charge is 0.337 e. The van der Waals surface area contributed by atoms with E-state index in [1.54, 1.807) is 0 Å². The van der Waals surface area contributed by atoms with Crippen molar-refractivity contribution in [2.24, 2.45) is 11.8 Å². The maximum absolute atomic E-state index is 15.9. The minimum atomic E-state index is -3.47. The SMILES string of the molecule is C[C@@H]1CN(C(=O)C2CC2(F)c2c(F)cccc2-c2c(F)cccc2F)[C@@H]1CNS(C)(=O)=O. The summed E-state index contributed by atoms with van der Waals surface area (Å²) in [6, 6.07) is 6.13. The number of hydrogen-bond acceptors (Lipinski definition) is 3. The molecule has 172 valence electrons. The summed E-state index contributed by atoms with van der Waals surface area (Å²) in [6.07, 6.45) is 0.671. The molecule has 2 aromatic rings. The molecule has 2 unspecified atom stereocenters. The summed E-state index contributed by atoms with van der Waals surface area (Å²) in [7, 11) is -3.47. The number of alkyl halides is 1. The third-order valence-electron chi connectivity index (χ3n) is 6.23. The van der Waals surface area contributed by atoms with Gasteiger partial charge in [-0.15, -0.1) is 0 Å². The van der Waals surface area contributed by atoms with Crippen LogP contribution in [0.15, 0.2) is 36.4 Å². The second-order valence-electron chi connectivity index (χ2n) is 8.53. The van der Waals surface area contributed by atoms with E-state index >= 15 is 4.39 Å². The molecule has 4 rings (SSSR count). The lowest BCUT2D eigenvalue weighted by Crippen LogP contribution is -2.62. The number of carbonyl (C=O) groups excluding carboxylic acids is 1. The topological polar surface area (TPSA) is 66.5 Å². The first kappa shape index (κ1) is 22.7. The van der Waals surface area contributed by atoms with Crippen molar-refractivity contribution in [2.45, 2.75) is 25.1 Å². The van der Waals surface area contributed by atoms with Crippen molar-refractivity contribution in [3.05, 3.63) is 59.4 Å². The Labute approximate surface area is 183 Å². The van der Waals surface area contributed by atoms with Crippen molar-refractivity contribution in [3.8, 4) is 11.1 Å². The Hall–Kier alpha value is -2.46. The average Bonchev–Trinajstić information content (AvgIpc) is 3.37. The van der Waals surface area contributed by atoms with E-state index in [-0.39, 0.29) is 24.4 Å². The Morgan fingerprint density at radius 2 is 1.72 bits per heavy atom. The van der Waals surface area contributed by atoms with Gasteiger partial charge in [-0.25, -0.2) is 30.7 Å². The normalized spacial score (nSPS) is 27.2. The molecule has 4 atom stereocenters. The van der Waals surface area contributed by atoms with Crippen LogP contribution in [-0.4, -0.2) is 44.6 Å². The molecular weight excluding hydrogens is 448 g/mol. The molecule has 2 aliphatic rings. The molecule has 10 heteroatoms. The molecule has 1 aliphatic carbocycles. The number of hydrogen-bond donors (Lipinski definition) is 1. The first-order valence-electron chi connectivity index (χ1n) is 10.1. The van der Waals surface area contributed by atoms with E-state index in [9.17, 15) is 26.4 Å². The van der Waals surface area contributed by atoms with E-state index in [1.165, 1.54) is 17.0 Å². The number of rotatable bonds is 6. The van der Waals surface area contributed by atoms with Crippen molar-refractivity contribution in [2.75, 3.05) is 19.3 Å². The predicted molar refractivity (Wildman–Crippen MR) is 110 cm³/mol. The van der Waals surface area contributed by atoms with Gasteiger partial charge in [0.1, 0.15) is 17.5 Å². The zero-order valence-corrected chi connectivity index (χ0v) is 18.2. The van der Waals surface area contributed by atoms with Crippen molar-refractivity contribution in [3.63, 3.8) is 0 Å². The van der Waals surface area contributed by atoms with Gasteiger partial charge >= 0.3 is 0 Å². The number of halogens is 4. The van der Waals surface area contributed by atoms with Gasteiger partial charge in [-0.1, -0.05) is 25.1 Å². The second kappa shape index (κ2) is 7.84. The van der Waals surface area contributed by atoms with E-state index < -0.39 is 62.1 Å². The van der Waals surface area contributed by atoms with Gasteiger partial charge in [0.15, 0.2) is 5.67 Å². The molecule has 2 fully saturated rings. The highest BCUT2D eigenvalue weighted by Crippen LogP contribution is 2.60. The van der Waals surface area contributed by atoms with E-state index in [0.29, 0.717) is 6.54 Å². The molecule has 0 aromatic heterocycles. The second-order valence-corrected chi connectivity index (χ2v) is 10.4. The Kier molecular flexibility index (Phi) is 5.57. The summed E-state index contributed by atoms with van der Waals surface area (Å²) >= 11 is 0. The highest BCUT2D eigenvalue weighted by Gasteiger charge is 2.65. The summed E-state index contributed by atoms with van der Waals surface area (Å²) in [5, 5.41) is 0. The number of sulfonamides is 1. The average molecular weight is 470 g/mol. The molecule has 0 bridgehead atoms.